The van der Waals surface area contributed by atoms with Crippen LogP contribution in [0.1, 0.15) is 35.4 Å². The van der Waals surface area contributed by atoms with Crippen molar-refractivity contribution < 1.29 is 37.5 Å². The van der Waals surface area contributed by atoms with E-state index < -0.39 is 69.5 Å². The summed E-state index contributed by atoms with van der Waals surface area (Å²) in [6.45, 7) is 0. The van der Waals surface area contributed by atoms with Crippen LogP contribution in [0.4, 0.5) is 24.7 Å². The highest BCUT2D eigenvalue weighted by molar-refractivity contribution is 9.10. The number of imide groups is 2. The number of hydrazine groups is 1. The lowest BCUT2D eigenvalue weighted by atomic mass is 9.49. The van der Waals surface area contributed by atoms with E-state index in [0.29, 0.717) is 43.6 Å². The van der Waals surface area contributed by atoms with E-state index in [0.717, 1.165) is 4.47 Å². The highest BCUT2D eigenvalue weighted by Gasteiger charge is 2.70. The zero-order chi connectivity index (χ0) is 38.4. The first-order valence-corrected chi connectivity index (χ1v) is 18.9. The van der Waals surface area contributed by atoms with Gasteiger partial charge in [0.2, 0.25) is 11.8 Å². The molecule has 0 spiro atoms. The van der Waals surface area contributed by atoms with Crippen molar-refractivity contribution >= 4 is 90.2 Å². The van der Waals surface area contributed by atoms with Crippen molar-refractivity contribution in [3.63, 3.8) is 0 Å². The summed E-state index contributed by atoms with van der Waals surface area (Å²) in [6.07, 6.45) is -2.30. The molecule has 16 heteroatoms. The van der Waals surface area contributed by atoms with E-state index >= 15 is 4.79 Å². The summed E-state index contributed by atoms with van der Waals surface area (Å²) in [5.41, 5.74) is 1.28. The number of rotatable bonds is 5. The summed E-state index contributed by atoms with van der Waals surface area (Å²) >= 11 is 19.4. The molecule has 4 aliphatic rings. The number of anilines is 2. The predicted molar refractivity (Wildman–Crippen MR) is 199 cm³/mol. The minimum Gasteiger partial charge on any atom is -0.508 e. The fourth-order valence-electron chi connectivity index (χ4n) is 8.73. The second kappa shape index (κ2) is 13.2. The molecule has 1 aromatic heterocycles. The number of phenols is 1. The average molecular weight is 905 g/mol. The van der Waals surface area contributed by atoms with Gasteiger partial charge in [0.05, 0.1) is 39.4 Å². The van der Waals surface area contributed by atoms with Crippen molar-refractivity contribution in [2.75, 3.05) is 10.3 Å². The monoisotopic (exact) mass is 902 g/mol. The molecule has 6 atom stereocenters. The molecule has 2 N–H and O–H groups in total. The van der Waals surface area contributed by atoms with E-state index in [1.165, 1.54) is 11.0 Å². The number of alkyl halides is 3. The Morgan fingerprint density at radius 2 is 1.56 bits per heavy atom. The number of nitrogens with one attached hydrogen (secondary N) is 1. The lowest BCUT2D eigenvalue weighted by Crippen LogP contribution is -2.53. The lowest BCUT2D eigenvalue weighted by Gasteiger charge is -2.50. The van der Waals surface area contributed by atoms with Crippen molar-refractivity contribution in [3.05, 3.63) is 126 Å². The number of benzene rings is 3. The Morgan fingerprint density at radius 3 is 2.22 bits per heavy atom. The number of carbonyl (C=O) groups excluding carboxylic acids is 4. The summed E-state index contributed by atoms with van der Waals surface area (Å²) < 4.78 is 41.7. The fraction of sp³-hybridized carbons (Fsp3) is 0.237. The van der Waals surface area contributed by atoms with E-state index in [2.05, 4.69) is 42.3 Å². The topological polar surface area (TPSA) is 120 Å². The van der Waals surface area contributed by atoms with Gasteiger partial charge in [0.25, 0.3) is 11.8 Å². The summed E-state index contributed by atoms with van der Waals surface area (Å²) in [5, 5.41) is 12.1. The number of aromatic hydroxyl groups is 1. The molecule has 0 radical (unpaired) electrons. The van der Waals surface area contributed by atoms with Crippen molar-refractivity contribution in [1.82, 2.24) is 9.99 Å². The largest absolute Gasteiger partial charge is 0.508 e. The Bertz CT molecular complexity index is 2310. The van der Waals surface area contributed by atoms with Crippen LogP contribution in [-0.2, 0) is 30.8 Å². The molecule has 8 rings (SSSR count). The molecule has 1 saturated carbocycles. The average Bonchev–Trinajstić information content (AvgIpc) is 3.51. The number of nitrogens with zero attached hydrogens (tertiary/aromatic N) is 3. The summed E-state index contributed by atoms with van der Waals surface area (Å²) in [4.78, 5) is 63.5. The SMILES string of the molecule is O=C1C2CC3C(=CCC4C(=O)N(c5ccc(Br)cc5)C(=O)C43)C(c3cc(Br)ccc3O)C2(c2ccc(Cl)cc2)C(=O)N1Nc1ncc(C(F)(F)F)cc1Cl. The number of hydrogen-bond donors (Lipinski definition) is 2. The molecule has 3 aromatic carbocycles. The molecular weight excluding hydrogens is 880 g/mol. The fourth-order valence-corrected chi connectivity index (χ4v) is 9.71. The van der Waals surface area contributed by atoms with Crippen LogP contribution >= 0.6 is 55.1 Å². The van der Waals surface area contributed by atoms with E-state index in [-0.39, 0.29) is 35.9 Å². The first-order valence-electron chi connectivity index (χ1n) is 16.6. The number of carbonyl (C=O) groups is 4. The molecule has 9 nitrogen and oxygen atoms in total. The van der Waals surface area contributed by atoms with Crippen LogP contribution < -0.4 is 10.3 Å². The van der Waals surface area contributed by atoms with Crippen molar-refractivity contribution in [1.29, 1.82) is 0 Å². The second-order valence-corrected chi connectivity index (χ2v) is 16.3. The number of halogens is 7. The molecule has 276 valence electrons. The number of amides is 4. The molecular formula is C38H25Br2Cl2F3N4O5. The highest BCUT2D eigenvalue weighted by atomic mass is 79.9. The van der Waals surface area contributed by atoms with Crippen molar-refractivity contribution in [3.8, 4) is 5.75 Å². The maximum absolute atomic E-state index is 15.3. The highest BCUT2D eigenvalue weighted by Crippen LogP contribution is 2.65. The first-order chi connectivity index (χ1) is 25.6. The number of phenolic OH excluding ortho intramolecular Hbond substituents is 1. The lowest BCUT2D eigenvalue weighted by molar-refractivity contribution is -0.139. The van der Waals surface area contributed by atoms with Crippen LogP contribution in [0.5, 0.6) is 5.75 Å². The van der Waals surface area contributed by atoms with E-state index in [4.69, 9.17) is 23.2 Å². The third-order valence-corrected chi connectivity index (χ3v) is 12.5. The van der Waals surface area contributed by atoms with Gasteiger partial charge in [0.1, 0.15) is 5.75 Å². The van der Waals surface area contributed by atoms with Gasteiger partial charge >= 0.3 is 6.18 Å². The Balaban J connectivity index is 1.32. The minimum absolute atomic E-state index is 0.0645. The summed E-state index contributed by atoms with van der Waals surface area (Å²) in [5.74, 6) is -7.68. The van der Waals surface area contributed by atoms with Gasteiger partial charge in [-0.15, -0.1) is 0 Å². The number of hydrogen-bond acceptors (Lipinski definition) is 7. The van der Waals surface area contributed by atoms with E-state index in [1.54, 1.807) is 60.7 Å². The van der Waals surface area contributed by atoms with Gasteiger partial charge in [-0.25, -0.2) is 4.98 Å². The molecule has 6 unspecified atom stereocenters. The zero-order valence-corrected chi connectivity index (χ0v) is 32.1. The Kier molecular flexibility index (Phi) is 8.98. The smallest absolute Gasteiger partial charge is 0.417 e. The third-order valence-electron chi connectivity index (χ3n) is 10.9. The van der Waals surface area contributed by atoms with Gasteiger partial charge in [-0.05, 0) is 85.0 Å². The molecule has 2 aliphatic heterocycles. The number of pyridine rings is 1. The Hall–Kier alpha value is -4.24. The summed E-state index contributed by atoms with van der Waals surface area (Å²) in [6, 6.07) is 18.4. The van der Waals surface area contributed by atoms with E-state index in [1.807, 2.05) is 6.08 Å². The van der Waals surface area contributed by atoms with Crippen molar-refractivity contribution in [2.45, 2.75) is 30.4 Å². The standard InChI is InChI=1S/C38H25Br2Cl2F3N4O5/c39-19-3-8-22(9-4-19)48-33(51)24-11-10-23-25(30(24)35(48)53)15-27-34(52)49(47-32-28(42)13-18(16-46-32)38(43,44)45)36(54)37(27,17-1-6-21(41)7-2-17)31(23)26-14-20(40)5-12-29(26)50/h1-10,12-14,16,24-25,27,30-31,50H,11,15H2,(H,46,47). The minimum atomic E-state index is -4.75. The molecule has 2 saturated heterocycles. The quantitative estimate of drug-likeness (QED) is 0.152. The van der Waals surface area contributed by atoms with Crippen LogP contribution in [0, 0.1) is 23.7 Å². The van der Waals surface area contributed by atoms with Gasteiger partial charge < -0.3 is 5.11 Å². The van der Waals surface area contributed by atoms with Gasteiger partial charge in [-0.3, -0.25) is 29.5 Å². The molecule has 3 fully saturated rings. The first kappa shape index (κ1) is 36.7. The molecule has 2 aliphatic carbocycles. The van der Waals surface area contributed by atoms with Crippen LogP contribution in [0.3, 0.4) is 0 Å². The predicted octanol–water partition coefficient (Wildman–Crippen LogP) is 8.83. The van der Waals surface area contributed by atoms with Crippen LogP contribution in [0.15, 0.2) is 99.6 Å². The maximum Gasteiger partial charge on any atom is 0.417 e. The maximum atomic E-state index is 15.3. The Labute approximate surface area is 332 Å². The normalized spacial score (nSPS) is 26.4. The van der Waals surface area contributed by atoms with Crippen LogP contribution in [0.2, 0.25) is 10.0 Å². The number of fused-ring (bicyclic) bond motifs is 4. The van der Waals surface area contributed by atoms with Gasteiger partial charge in [-0.2, -0.15) is 18.2 Å². The molecule has 4 amide bonds. The van der Waals surface area contributed by atoms with Crippen LogP contribution in [-0.4, -0.2) is 38.7 Å². The number of aromatic nitrogens is 1. The Morgan fingerprint density at radius 1 is 0.870 bits per heavy atom. The second-order valence-electron chi connectivity index (χ2n) is 13.6. The van der Waals surface area contributed by atoms with Gasteiger partial charge in [0, 0.05) is 31.6 Å². The summed E-state index contributed by atoms with van der Waals surface area (Å²) in [7, 11) is 0. The third kappa shape index (κ3) is 5.58. The van der Waals surface area contributed by atoms with Crippen LogP contribution in [0.25, 0.3) is 0 Å². The zero-order valence-electron chi connectivity index (χ0n) is 27.5. The molecule has 54 heavy (non-hydrogen) atoms. The van der Waals surface area contributed by atoms with E-state index in [9.17, 15) is 32.7 Å². The van der Waals surface area contributed by atoms with Gasteiger partial charge in [-0.1, -0.05) is 78.8 Å². The van der Waals surface area contributed by atoms with Crippen molar-refractivity contribution in [2.24, 2.45) is 23.7 Å². The molecule has 4 aromatic rings. The molecule has 3 heterocycles. The molecule has 0 bridgehead atoms. The van der Waals surface area contributed by atoms with Gasteiger partial charge in [0.15, 0.2) is 5.82 Å². The number of allylic oxidation sites excluding steroid dienone is 2.